The fourth-order valence-corrected chi connectivity index (χ4v) is 1.14. The minimum Gasteiger partial charge on any atom is -0.330 e. The molecule has 0 spiro atoms. The van der Waals surface area contributed by atoms with Crippen LogP contribution in [0.1, 0.15) is 19.3 Å². The number of nitrogens with two attached hydrogens (primary N) is 1. The minimum atomic E-state index is 0.204. The van der Waals surface area contributed by atoms with E-state index in [0.29, 0.717) is 12.3 Å². The Kier molecular flexibility index (Phi) is 1.63. The molecule has 2 nitrogen and oxygen atoms in total. The third kappa shape index (κ3) is 0.892. The molecule has 1 aliphatic rings. The van der Waals surface area contributed by atoms with Gasteiger partial charge in [0.25, 0.3) is 0 Å². The number of ketones is 1. The Balaban J connectivity index is 2.42. The zero-order valence-electron chi connectivity index (χ0n) is 4.89. The van der Waals surface area contributed by atoms with Crippen LogP contribution in [0.25, 0.3) is 0 Å². The van der Waals surface area contributed by atoms with E-state index in [9.17, 15) is 4.79 Å². The van der Waals surface area contributed by atoms with Gasteiger partial charge < -0.3 is 5.73 Å². The van der Waals surface area contributed by atoms with E-state index in [-0.39, 0.29) is 5.92 Å². The molecule has 1 fully saturated rings. The predicted octanol–water partition coefficient (Wildman–Crippen LogP) is 0.314. The maximum atomic E-state index is 10.7. The summed E-state index contributed by atoms with van der Waals surface area (Å²) in [6.45, 7) is 0.554. The smallest absolute Gasteiger partial charge is 0.137 e. The van der Waals surface area contributed by atoms with Crippen molar-refractivity contribution in [1.29, 1.82) is 0 Å². The fourth-order valence-electron chi connectivity index (χ4n) is 1.14. The number of hydrogen-bond donors (Lipinski definition) is 1. The molecule has 2 heteroatoms. The van der Waals surface area contributed by atoms with Gasteiger partial charge in [0.05, 0.1) is 0 Å². The first-order chi connectivity index (χ1) is 3.84. The second kappa shape index (κ2) is 2.27. The first kappa shape index (κ1) is 5.76. The Labute approximate surface area is 49.1 Å². The molecule has 8 heavy (non-hydrogen) atoms. The van der Waals surface area contributed by atoms with Gasteiger partial charge in [-0.3, -0.25) is 4.79 Å². The quantitative estimate of drug-likeness (QED) is 0.532. The van der Waals surface area contributed by atoms with Crippen LogP contribution in [0.4, 0.5) is 0 Å². The first-order valence-electron chi connectivity index (χ1n) is 3.07. The fraction of sp³-hybridized carbons (Fsp3) is 0.833. The third-order valence-electron chi connectivity index (χ3n) is 1.72. The molecule has 0 bridgehead atoms. The first-order valence-corrected chi connectivity index (χ1v) is 3.07. The highest BCUT2D eigenvalue weighted by Gasteiger charge is 2.21. The average Bonchev–Trinajstić information content (AvgIpc) is 2.14. The van der Waals surface area contributed by atoms with Gasteiger partial charge in [-0.1, -0.05) is 0 Å². The SMILES string of the molecule is NCC1CCCC1=O. The summed E-state index contributed by atoms with van der Waals surface area (Å²) < 4.78 is 0. The van der Waals surface area contributed by atoms with Crippen molar-refractivity contribution in [1.82, 2.24) is 0 Å². The van der Waals surface area contributed by atoms with Gasteiger partial charge >= 0.3 is 0 Å². The summed E-state index contributed by atoms with van der Waals surface area (Å²) in [5, 5.41) is 0. The number of hydrogen-bond acceptors (Lipinski definition) is 2. The number of Topliss-reactive ketones (excluding diaryl/α,β-unsaturated/α-hetero) is 1. The van der Waals surface area contributed by atoms with Crippen molar-refractivity contribution in [2.45, 2.75) is 19.3 Å². The van der Waals surface area contributed by atoms with Gasteiger partial charge in [0.1, 0.15) is 5.78 Å². The highest BCUT2D eigenvalue weighted by Crippen LogP contribution is 2.19. The van der Waals surface area contributed by atoms with Crippen LogP contribution in [-0.2, 0) is 4.79 Å². The van der Waals surface area contributed by atoms with Crippen molar-refractivity contribution in [2.75, 3.05) is 6.54 Å². The Morgan fingerprint density at radius 1 is 1.75 bits per heavy atom. The van der Waals surface area contributed by atoms with Crippen LogP contribution in [0.2, 0.25) is 0 Å². The molecule has 0 heterocycles. The van der Waals surface area contributed by atoms with Crippen LogP contribution in [0.5, 0.6) is 0 Å². The molecule has 0 amide bonds. The molecule has 0 radical (unpaired) electrons. The topological polar surface area (TPSA) is 43.1 Å². The summed E-state index contributed by atoms with van der Waals surface area (Å²) in [5.41, 5.74) is 5.30. The van der Waals surface area contributed by atoms with Crippen LogP contribution >= 0.6 is 0 Å². The van der Waals surface area contributed by atoms with Crippen LogP contribution in [0.15, 0.2) is 0 Å². The van der Waals surface area contributed by atoms with Crippen molar-refractivity contribution in [3.63, 3.8) is 0 Å². The maximum absolute atomic E-state index is 10.7. The van der Waals surface area contributed by atoms with E-state index in [4.69, 9.17) is 5.73 Å². The molecule has 0 aromatic heterocycles. The van der Waals surface area contributed by atoms with E-state index in [1.165, 1.54) is 0 Å². The number of carbonyl (C=O) groups is 1. The van der Waals surface area contributed by atoms with E-state index in [0.717, 1.165) is 19.3 Å². The summed E-state index contributed by atoms with van der Waals surface area (Å²) in [6, 6.07) is 0. The van der Waals surface area contributed by atoms with Gasteiger partial charge in [-0.2, -0.15) is 0 Å². The molecule has 0 saturated heterocycles. The Bertz CT molecular complexity index is 101. The molecule has 1 unspecified atom stereocenters. The lowest BCUT2D eigenvalue weighted by atomic mass is 10.1. The van der Waals surface area contributed by atoms with Crippen LogP contribution in [-0.4, -0.2) is 12.3 Å². The predicted molar refractivity (Wildman–Crippen MR) is 31.4 cm³/mol. The molecule has 46 valence electrons. The maximum Gasteiger partial charge on any atom is 0.137 e. The second-order valence-corrected chi connectivity index (χ2v) is 2.29. The van der Waals surface area contributed by atoms with Crippen molar-refractivity contribution >= 4 is 5.78 Å². The summed E-state index contributed by atoms with van der Waals surface area (Å²) in [6.07, 6.45) is 2.85. The van der Waals surface area contributed by atoms with E-state index in [2.05, 4.69) is 0 Å². The number of carbonyl (C=O) groups excluding carboxylic acids is 1. The van der Waals surface area contributed by atoms with Gasteiger partial charge in [0.15, 0.2) is 0 Å². The highest BCUT2D eigenvalue weighted by atomic mass is 16.1. The van der Waals surface area contributed by atoms with Crippen LogP contribution < -0.4 is 5.73 Å². The largest absolute Gasteiger partial charge is 0.330 e. The molecular weight excluding hydrogens is 102 g/mol. The van der Waals surface area contributed by atoms with Crippen molar-refractivity contribution < 1.29 is 4.79 Å². The zero-order chi connectivity index (χ0) is 5.98. The summed E-state index contributed by atoms with van der Waals surface area (Å²) >= 11 is 0. The van der Waals surface area contributed by atoms with Crippen molar-refractivity contribution in [3.8, 4) is 0 Å². The molecule has 2 N–H and O–H groups in total. The average molecular weight is 113 g/mol. The van der Waals surface area contributed by atoms with E-state index in [1.54, 1.807) is 0 Å². The van der Waals surface area contributed by atoms with E-state index >= 15 is 0 Å². The molecule has 1 saturated carbocycles. The van der Waals surface area contributed by atoms with Crippen molar-refractivity contribution in [2.24, 2.45) is 11.7 Å². The summed E-state index contributed by atoms with van der Waals surface area (Å²) in [5.74, 6) is 0.572. The normalized spacial score (nSPS) is 29.1. The minimum absolute atomic E-state index is 0.204. The monoisotopic (exact) mass is 113 g/mol. The molecule has 1 aliphatic carbocycles. The van der Waals surface area contributed by atoms with Gasteiger partial charge in [-0.05, 0) is 12.8 Å². The Hall–Kier alpha value is -0.370. The van der Waals surface area contributed by atoms with Gasteiger partial charge in [0.2, 0.25) is 0 Å². The Morgan fingerprint density at radius 3 is 2.75 bits per heavy atom. The van der Waals surface area contributed by atoms with Gasteiger partial charge in [-0.15, -0.1) is 0 Å². The zero-order valence-corrected chi connectivity index (χ0v) is 4.89. The molecule has 0 aliphatic heterocycles. The van der Waals surface area contributed by atoms with Crippen LogP contribution in [0, 0.1) is 5.92 Å². The molecule has 1 rings (SSSR count). The van der Waals surface area contributed by atoms with Gasteiger partial charge in [0, 0.05) is 18.9 Å². The highest BCUT2D eigenvalue weighted by molar-refractivity contribution is 5.82. The standard InChI is InChI=1S/C6H11NO/c7-4-5-2-1-3-6(5)8/h5H,1-4,7H2. The molecule has 0 aromatic rings. The lowest BCUT2D eigenvalue weighted by Gasteiger charge is -1.99. The van der Waals surface area contributed by atoms with Crippen molar-refractivity contribution in [3.05, 3.63) is 0 Å². The van der Waals surface area contributed by atoms with Gasteiger partial charge in [-0.25, -0.2) is 0 Å². The Morgan fingerprint density at radius 2 is 2.50 bits per heavy atom. The summed E-state index contributed by atoms with van der Waals surface area (Å²) in [4.78, 5) is 10.7. The number of rotatable bonds is 1. The molecule has 1 atom stereocenters. The van der Waals surface area contributed by atoms with E-state index < -0.39 is 0 Å². The lowest BCUT2D eigenvalue weighted by Crippen LogP contribution is -2.17. The molecule has 0 aromatic carbocycles. The second-order valence-electron chi connectivity index (χ2n) is 2.29. The van der Waals surface area contributed by atoms with Crippen LogP contribution in [0.3, 0.4) is 0 Å². The molecular formula is C6H11NO. The lowest BCUT2D eigenvalue weighted by molar-refractivity contribution is -0.120. The summed E-state index contributed by atoms with van der Waals surface area (Å²) in [7, 11) is 0. The van der Waals surface area contributed by atoms with E-state index in [1.807, 2.05) is 0 Å². The third-order valence-corrected chi connectivity index (χ3v) is 1.72.